The number of carbonyl (C=O) groups is 2. The zero-order chi connectivity index (χ0) is 13.0. The van der Waals surface area contributed by atoms with Gasteiger partial charge in [0.2, 0.25) is 5.76 Å². The van der Waals surface area contributed by atoms with Crippen molar-refractivity contribution in [2.45, 2.75) is 33.2 Å². The predicted molar refractivity (Wildman–Crippen MR) is 59.6 cm³/mol. The molecule has 1 aromatic rings. The van der Waals surface area contributed by atoms with Gasteiger partial charge < -0.3 is 14.9 Å². The first kappa shape index (κ1) is 13.2. The number of hydrogen-bond donors (Lipinski definition) is 2. The molecule has 94 valence electrons. The van der Waals surface area contributed by atoms with Gasteiger partial charge in [-0.15, -0.1) is 0 Å². The molecule has 1 heterocycles. The molecule has 0 fully saturated rings. The molecule has 2 unspecified atom stereocenters. The van der Waals surface area contributed by atoms with Crippen LogP contribution < -0.4 is 5.32 Å². The molecule has 0 saturated carbocycles. The summed E-state index contributed by atoms with van der Waals surface area (Å²) < 4.78 is 4.77. The number of hydrogen-bond acceptors (Lipinski definition) is 4. The Morgan fingerprint density at radius 2 is 2.24 bits per heavy atom. The van der Waals surface area contributed by atoms with E-state index in [4.69, 9.17) is 9.63 Å². The van der Waals surface area contributed by atoms with Gasteiger partial charge in [0.15, 0.2) is 0 Å². The number of aromatic nitrogens is 1. The maximum Gasteiger partial charge on any atom is 0.326 e. The summed E-state index contributed by atoms with van der Waals surface area (Å²) in [6.07, 6.45) is 2.07. The van der Waals surface area contributed by atoms with Crippen LogP contribution in [-0.4, -0.2) is 28.2 Å². The second-order valence-electron chi connectivity index (χ2n) is 4.01. The van der Waals surface area contributed by atoms with Crippen LogP contribution in [0.1, 0.15) is 36.4 Å². The summed E-state index contributed by atoms with van der Waals surface area (Å²) in [6.45, 7) is 5.31. The molecule has 0 aromatic carbocycles. The van der Waals surface area contributed by atoms with Gasteiger partial charge in [0.1, 0.15) is 6.04 Å². The van der Waals surface area contributed by atoms with Crippen LogP contribution in [0.4, 0.5) is 0 Å². The van der Waals surface area contributed by atoms with Crippen molar-refractivity contribution in [1.82, 2.24) is 10.5 Å². The summed E-state index contributed by atoms with van der Waals surface area (Å²) in [5.41, 5.74) is 0.579. The van der Waals surface area contributed by atoms with Gasteiger partial charge in [-0.25, -0.2) is 4.79 Å². The summed E-state index contributed by atoms with van der Waals surface area (Å²) >= 11 is 0. The van der Waals surface area contributed by atoms with Crippen molar-refractivity contribution in [3.05, 3.63) is 17.5 Å². The first-order chi connectivity index (χ1) is 7.97. The van der Waals surface area contributed by atoms with Gasteiger partial charge in [0.05, 0.1) is 6.20 Å². The Morgan fingerprint density at radius 3 is 2.65 bits per heavy atom. The number of carboxylic acids is 1. The molecular weight excluding hydrogens is 224 g/mol. The SMILES string of the molecule is CCC(C)C(NC(=O)c1oncc1C)C(=O)O. The molecule has 1 aromatic heterocycles. The molecule has 1 amide bonds. The highest BCUT2D eigenvalue weighted by Crippen LogP contribution is 2.11. The molecule has 0 radical (unpaired) electrons. The molecule has 1 rings (SSSR count). The van der Waals surface area contributed by atoms with E-state index in [2.05, 4.69) is 10.5 Å². The molecule has 2 atom stereocenters. The summed E-state index contributed by atoms with van der Waals surface area (Å²) in [7, 11) is 0. The van der Waals surface area contributed by atoms with Crippen LogP contribution in [0.3, 0.4) is 0 Å². The van der Waals surface area contributed by atoms with E-state index in [1.54, 1.807) is 13.8 Å². The van der Waals surface area contributed by atoms with Gasteiger partial charge in [0, 0.05) is 5.56 Å². The lowest BCUT2D eigenvalue weighted by Crippen LogP contribution is -2.45. The summed E-state index contributed by atoms with van der Waals surface area (Å²) in [4.78, 5) is 22.8. The lowest BCUT2D eigenvalue weighted by molar-refractivity contribution is -0.140. The normalized spacial score (nSPS) is 14.1. The fourth-order valence-corrected chi connectivity index (χ4v) is 1.40. The van der Waals surface area contributed by atoms with Gasteiger partial charge in [-0.1, -0.05) is 25.4 Å². The van der Waals surface area contributed by atoms with Crippen LogP contribution in [0.15, 0.2) is 10.7 Å². The van der Waals surface area contributed by atoms with Crippen LogP contribution in [0.5, 0.6) is 0 Å². The van der Waals surface area contributed by atoms with Crippen LogP contribution in [0.2, 0.25) is 0 Å². The summed E-state index contributed by atoms with van der Waals surface area (Å²) in [6, 6.07) is -0.919. The van der Waals surface area contributed by atoms with Gasteiger partial charge in [-0.3, -0.25) is 4.79 Å². The van der Waals surface area contributed by atoms with Crippen molar-refractivity contribution in [3.8, 4) is 0 Å². The lowest BCUT2D eigenvalue weighted by Gasteiger charge is -2.19. The number of nitrogens with zero attached hydrogens (tertiary/aromatic N) is 1. The maximum absolute atomic E-state index is 11.8. The van der Waals surface area contributed by atoms with E-state index in [1.165, 1.54) is 6.20 Å². The van der Waals surface area contributed by atoms with Crippen molar-refractivity contribution in [3.63, 3.8) is 0 Å². The molecule has 0 bridgehead atoms. The molecule has 6 heteroatoms. The molecule has 6 nitrogen and oxygen atoms in total. The molecule has 17 heavy (non-hydrogen) atoms. The number of aliphatic carboxylic acids is 1. The topological polar surface area (TPSA) is 92.4 Å². The van der Waals surface area contributed by atoms with E-state index in [-0.39, 0.29) is 11.7 Å². The molecule has 2 N–H and O–H groups in total. The smallest absolute Gasteiger partial charge is 0.326 e. The Labute approximate surface area is 99.0 Å². The van der Waals surface area contributed by atoms with Crippen molar-refractivity contribution >= 4 is 11.9 Å². The third kappa shape index (κ3) is 3.05. The van der Waals surface area contributed by atoms with Crippen LogP contribution in [0.25, 0.3) is 0 Å². The van der Waals surface area contributed by atoms with E-state index < -0.39 is 17.9 Å². The zero-order valence-corrected chi connectivity index (χ0v) is 10.1. The summed E-state index contributed by atoms with van der Waals surface area (Å²) in [5, 5.41) is 14.9. The number of carboxylic acid groups (broad SMARTS) is 1. The highest BCUT2D eigenvalue weighted by atomic mass is 16.5. The maximum atomic E-state index is 11.8. The zero-order valence-electron chi connectivity index (χ0n) is 10.1. The molecular formula is C11H16N2O4. The molecule has 0 aliphatic rings. The minimum absolute atomic E-state index is 0.0551. The average molecular weight is 240 g/mol. The summed E-state index contributed by atoms with van der Waals surface area (Å²) in [5.74, 6) is -1.70. The molecule has 0 spiro atoms. The van der Waals surface area contributed by atoms with Crippen molar-refractivity contribution in [1.29, 1.82) is 0 Å². The Bertz CT molecular complexity index is 413. The number of nitrogens with one attached hydrogen (secondary N) is 1. The van der Waals surface area contributed by atoms with Gasteiger partial charge >= 0.3 is 5.97 Å². The molecule has 0 saturated heterocycles. The number of aryl methyl sites for hydroxylation is 1. The highest BCUT2D eigenvalue weighted by molar-refractivity contribution is 5.95. The number of amides is 1. The minimum Gasteiger partial charge on any atom is -0.480 e. The van der Waals surface area contributed by atoms with Crippen LogP contribution >= 0.6 is 0 Å². The Morgan fingerprint density at radius 1 is 1.59 bits per heavy atom. The quantitative estimate of drug-likeness (QED) is 0.807. The first-order valence-electron chi connectivity index (χ1n) is 5.42. The fraction of sp³-hybridized carbons (Fsp3) is 0.545. The van der Waals surface area contributed by atoms with Crippen molar-refractivity contribution < 1.29 is 19.2 Å². The van der Waals surface area contributed by atoms with E-state index in [9.17, 15) is 9.59 Å². The number of carbonyl (C=O) groups excluding carboxylic acids is 1. The first-order valence-corrected chi connectivity index (χ1v) is 5.42. The van der Waals surface area contributed by atoms with E-state index in [1.807, 2.05) is 6.92 Å². The molecule has 0 aliphatic heterocycles. The van der Waals surface area contributed by atoms with E-state index >= 15 is 0 Å². The monoisotopic (exact) mass is 240 g/mol. The Kier molecular flexibility index (Phi) is 4.25. The fourth-order valence-electron chi connectivity index (χ4n) is 1.40. The largest absolute Gasteiger partial charge is 0.480 e. The van der Waals surface area contributed by atoms with Gasteiger partial charge in [-0.05, 0) is 12.8 Å². The predicted octanol–water partition coefficient (Wildman–Crippen LogP) is 1.21. The second kappa shape index (κ2) is 5.47. The minimum atomic E-state index is -1.05. The second-order valence-corrected chi connectivity index (χ2v) is 4.01. The van der Waals surface area contributed by atoms with Gasteiger partial charge in [-0.2, -0.15) is 0 Å². The van der Waals surface area contributed by atoms with Gasteiger partial charge in [0.25, 0.3) is 5.91 Å². The van der Waals surface area contributed by atoms with Crippen LogP contribution in [0, 0.1) is 12.8 Å². The Balaban J connectivity index is 2.78. The number of rotatable bonds is 5. The van der Waals surface area contributed by atoms with Crippen molar-refractivity contribution in [2.24, 2.45) is 5.92 Å². The molecule has 0 aliphatic carbocycles. The van der Waals surface area contributed by atoms with E-state index in [0.717, 1.165) is 0 Å². The Hall–Kier alpha value is -1.85. The van der Waals surface area contributed by atoms with E-state index in [0.29, 0.717) is 12.0 Å². The average Bonchev–Trinajstić information content (AvgIpc) is 2.70. The lowest BCUT2D eigenvalue weighted by atomic mass is 9.99. The standard InChI is InChI=1S/C11H16N2O4/c1-4-6(2)8(11(15)16)13-10(14)9-7(3)5-12-17-9/h5-6,8H,4H2,1-3H3,(H,13,14)(H,15,16). The highest BCUT2D eigenvalue weighted by Gasteiger charge is 2.27. The van der Waals surface area contributed by atoms with Crippen molar-refractivity contribution in [2.75, 3.05) is 0 Å². The van der Waals surface area contributed by atoms with Crippen LogP contribution in [-0.2, 0) is 4.79 Å². The third-order valence-electron chi connectivity index (χ3n) is 2.72. The third-order valence-corrected chi connectivity index (χ3v) is 2.72.